The maximum atomic E-state index is 12.3. The Balaban J connectivity index is 1.77. The SMILES string of the molecule is CC[C@H](C)NC(=O)c1cccc(Nc2cc(-c3ccc(C)cc3)ncn2)c1. The van der Waals surface area contributed by atoms with Gasteiger partial charge in [-0.1, -0.05) is 42.8 Å². The van der Waals surface area contributed by atoms with Crippen molar-refractivity contribution in [3.63, 3.8) is 0 Å². The fourth-order valence-electron chi connectivity index (χ4n) is 2.60. The summed E-state index contributed by atoms with van der Waals surface area (Å²) < 4.78 is 0. The van der Waals surface area contributed by atoms with Gasteiger partial charge in [0.1, 0.15) is 12.1 Å². The number of benzene rings is 2. The molecule has 0 fully saturated rings. The second-order valence-electron chi connectivity index (χ2n) is 6.64. The minimum absolute atomic E-state index is 0.0731. The molecule has 0 aliphatic rings. The molecule has 138 valence electrons. The first kappa shape index (κ1) is 18.6. The van der Waals surface area contributed by atoms with Crippen molar-refractivity contribution in [3.8, 4) is 11.3 Å². The summed E-state index contributed by atoms with van der Waals surface area (Å²) in [7, 11) is 0. The predicted octanol–water partition coefficient (Wildman–Crippen LogP) is 4.72. The zero-order valence-corrected chi connectivity index (χ0v) is 15.9. The van der Waals surface area contributed by atoms with Gasteiger partial charge in [0, 0.05) is 28.9 Å². The van der Waals surface area contributed by atoms with Crippen LogP contribution in [0.2, 0.25) is 0 Å². The van der Waals surface area contributed by atoms with E-state index in [1.165, 1.54) is 11.9 Å². The van der Waals surface area contributed by atoms with E-state index in [-0.39, 0.29) is 11.9 Å². The third kappa shape index (κ3) is 4.91. The second-order valence-corrected chi connectivity index (χ2v) is 6.64. The number of nitrogens with zero attached hydrogens (tertiary/aromatic N) is 2. The number of carbonyl (C=O) groups is 1. The van der Waals surface area contributed by atoms with Crippen molar-refractivity contribution >= 4 is 17.4 Å². The van der Waals surface area contributed by atoms with E-state index < -0.39 is 0 Å². The highest BCUT2D eigenvalue weighted by Gasteiger charge is 2.09. The quantitative estimate of drug-likeness (QED) is 0.667. The van der Waals surface area contributed by atoms with E-state index in [1.54, 1.807) is 6.07 Å². The molecule has 1 amide bonds. The molecule has 2 aromatic carbocycles. The average Bonchev–Trinajstić information content (AvgIpc) is 2.69. The number of amides is 1. The smallest absolute Gasteiger partial charge is 0.251 e. The Morgan fingerprint density at radius 1 is 1.07 bits per heavy atom. The van der Waals surface area contributed by atoms with Gasteiger partial charge in [0.2, 0.25) is 0 Å². The summed E-state index contributed by atoms with van der Waals surface area (Å²) in [5.74, 6) is 0.607. The van der Waals surface area contributed by atoms with Crippen LogP contribution >= 0.6 is 0 Å². The van der Waals surface area contributed by atoms with Gasteiger partial charge in [-0.2, -0.15) is 0 Å². The van der Waals surface area contributed by atoms with Crippen LogP contribution in [-0.4, -0.2) is 21.9 Å². The van der Waals surface area contributed by atoms with Gasteiger partial charge in [-0.3, -0.25) is 4.79 Å². The first-order valence-electron chi connectivity index (χ1n) is 9.12. The Kier molecular flexibility index (Phi) is 5.81. The molecule has 1 atom stereocenters. The zero-order valence-electron chi connectivity index (χ0n) is 15.9. The van der Waals surface area contributed by atoms with Crippen molar-refractivity contribution < 1.29 is 4.79 Å². The van der Waals surface area contributed by atoms with Crippen molar-refractivity contribution in [2.75, 3.05) is 5.32 Å². The van der Waals surface area contributed by atoms with Gasteiger partial charge < -0.3 is 10.6 Å². The fourth-order valence-corrected chi connectivity index (χ4v) is 2.60. The van der Waals surface area contributed by atoms with Crippen molar-refractivity contribution in [1.82, 2.24) is 15.3 Å². The molecule has 1 heterocycles. The molecule has 3 rings (SSSR count). The predicted molar refractivity (Wildman–Crippen MR) is 109 cm³/mol. The molecule has 0 aliphatic heterocycles. The van der Waals surface area contributed by atoms with Crippen LogP contribution in [-0.2, 0) is 0 Å². The highest BCUT2D eigenvalue weighted by Crippen LogP contribution is 2.22. The molecule has 0 spiro atoms. The summed E-state index contributed by atoms with van der Waals surface area (Å²) >= 11 is 0. The normalized spacial score (nSPS) is 11.7. The van der Waals surface area contributed by atoms with Crippen molar-refractivity contribution in [2.24, 2.45) is 0 Å². The zero-order chi connectivity index (χ0) is 19.2. The lowest BCUT2D eigenvalue weighted by atomic mass is 10.1. The van der Waals surface area contributed by atoms with Crippen LogP contribution in [0.15, 0.2) is 60.9 Å². The third-order valence-electron chi connectivity index (χ3n) is 4.40. The van der Waals surface area contributed by atoms with Crippen molar-refractivity contribution in [1.29, 1.82) is 0 Å². The first-order chi connectivity index (χ1) is 13.0. The number of aromatic nitrogens is 2. The van der Waals surface area contributed by atoms with Crippen molar-refractivity contribution in [2.45, 2.75) is 33.2 Å². The number of aryl methyl sites for hydroxylation is 1. The number of hydrogen-bond acceptors (Lipinski definition) is 4. The minimum Gasteiger partial charge on any atom is -0.350 e. The molecule has 1 aromatic heterocycles. The van der Waals surface area contributed by atoms with E-state index in [0.29, 0.717) is 11.4 Å². The molecule has 5 heteroatoms. The Labute approximate surface area is 159 Å². The van der Waals surface area contributed by atoms with Gasteiger partial charge in [-0.05, 0) is 38.5 Å². The summed E-state index contributed by atoms with van der Waals surface area (Å²) in [6.45, 7) is 6.10. The molecule has 0 saturated heterocycles. The van der Waals surface area contributed by atoms with E-state index in [0.717, 1.165) is 23.4 Å². The average molecular weight is 360 g/mol. The molecule has 5 nitrogen and oxygen atoms in total. The lowest BCUT2D eigenvalue weighted by molar-refractivity contribution is 0.0939. The summed E-state index contributed by atoms with van der Waals surface area (Å²) in [4.78, 5) is 21.0. The molecular formula is C22H24N4O. The molecule has 3 aromatic rings. The van der Waals surface area contributed by atoms with E-state index in [4.69, 9.17) is 0 Å². The summed E-state index contributed by atoms with van der Waals surface area (Å²) in [6, 6.07) is 17.6. The van der Waals surface area contributed by atoms with E-state index in [2.05, 4.69) is 39.7 Å². The van der Waals surface area contributed by atoms with Crippen LogP contribution in [0, 0.1) is 6.92 Å². The second kappa shape index (κ2) is 8.45. The first-order valence-corrected chi connectivity index (χ1v) is 9.12. The van der Waals surface area contributed by atoms with Crippen LogP contribution < -0.4 is 10.6 Å². The van der Waals surface area contributed by atoms with Gasteiger partial charge in [0.25, 0.3) is 5.91 Å². The molecule has 0 unspecified atom stereocenters. The largest absolute Gasteiger partial charge is 0.350 e. The van der Waals surface area contributed by atoms with Crippen LogP contribution in [0.25, 0.3) is 11.3 Å². The lowest BCUT2D eigenvalue weighted by Gasteiger charge is -2.12. The topological polar surface area (TPSA) is 66.9 Å². The molecule has 0 bridgehead atoms. The Hall–Kier alpha value is -3.21. The van der Waals surface area contributed by atoms with Crippen LogP contribution in [0.3, 0.4) is 0 Å². The van der Waals surface area contributed by atoms with Gasteiger partial charge in [0.15, 0.2) is 0 Å². The molecule has 27 heavy (non-hydrogen) atoms. The number of rotatable bonds is 6. The van der Waals surface area contributed by atoms with Gasteiger partial charge in [-0.15, -0.1) is 0 Å². The van der Waals surface area contributed by atoms with Gasteiger partial charge in [-0.25, -0.2) is 9.97 Å². The molecule has 0 aliphatic carbocycles. The molecule has 2 N–H and O–H groups in total. The number of hydrogen-bond donors (Lipinski definition) is 2. The monoisotopic (exact) mass is 360 g/mol. The van der Waals surface area contributed by atoms with Crippen LogP contribution in [0.4, 0.5) is 11.5 Å². The summed E-state index contributed by atoms with van der Waals surface area (Å²) in [6.07, 6.45) is 2.43. The van der Waals surface area contributed by atoms with Crippen LogP contribution in [0.1, 0.15) is 36.2 Å². The van der Waals surface area contributed by atoms with Crippen LogP contribution in [0.5, 0.6) is 0 Å². The van der Waals surface area contributed by atoms with Gasteiger partial charge in [0.05, 0.1) is 5.69 Å². The Morgan fingerprint density at radius 3 is 2.59 bits per heavy atom. The van der Waals surface area contributed by atoms with Gasteiger partial charge >= 0.3 is 0 Å². The Morgan fingerprint density at radius 2 is 1.85 bits per heavy atom. The van der Waals surface area contributed by atoms with Crippen molar-refractivity contribution in [3.05, 3.63) is 72.1 Å². The number of nitrogens with one attached hydrogen (secondary N) is 2. The fraction of sp³-hybridized carbons (Fsp3) is 0.227. The molecule has 0 radical (unpaired) electrons. The van der Waals surface area contributed by atoms with E-state index in [9.17, 15) is 4.79 Å². The maximum absolute atomic E-state index is 12.3. The number of anilines is 2. The highest BCUT2D eigenvalue weighted by atomic mass is 16.1. The minimum atomic E-state index is -0.0731. The summed E-state index contributed by atoms with van der Waals surface area (Å²) in [5, 5.41) is 6.24. The van der Waals surface area contributed by atoms with E-state index in [1.807, 2.05) is 50.2 Å². The number of carbonyl (C=O) groups excluding carboxylic acids is 1. The highest BCUT2D eigenvalue weighted by molar-refractivity contribution is 5.95. The standard InChI is InChI=1S/C22H24N4O/c1-4-16(3)25-22(27)18-6-5-7-19(12-18)26-21-13-20(23-14-24-21)17-10-8-15(2)9-11-17/h5-14,16H,4H2,1-3H3,(H,25,27)(H,23,24,26)/t16-/m0/s1. The third-order valence-corrected chi connectivity index (χ3v) is 4.40. The van der Waals surface area contributed by atoms with E-state index >= 15 is 0 Å². The molecule has 0 saturated carbocycles. The Bertz CT molecular complexity index is 922. The lowest BCUT2D eigenvalue weighted by Crippen LogP contribution is -2.31. The maximum Gasteiger partial charge on any atom is 0.251 e. The summed E-state index contributed by atoms with van der Waals surface area (Å²) in [5.41, 5.74) is 4.51. The molecular weight excluding hydrogens is 336 g/mol.